The number of benzene rings is 1. The third kappa shape index (κ3) is 4.61. The van der Waals surface area contributed by atoms with Gasteiger partial charge in [-0.1, -0.05) is 13.0 Å². The lowest BCUT2D eigenvalue weighted by atomic mass is 9.99. The number of methoxy groups -OCH3 is 2. The molecule has 0 amide bonds. The van der Waals surface area contributed by atoms with Crippen molar-refractivity contribution < 1.29 is 18.7 Å². The van der Waals surface area contributed by atoms with Crippen LogP contribution in [0.4, 0.5) is 4.39 Å². The summed E-state index contributed by atoms with van der Waals surface area (Å²) >= 11 is 0. The first-order chi connectivity index (χ1) is 12.0. The van der Waals surface area contributed by atoms with Crippen LogP contribution in [0.25, 0.3) is 0 Å². The van der Waals surface area contributed by atoms with Crippen LogP contribution in [0.3, 0.4) is 0 Å². The molecular formula is C18H26FN3O3. The largest absolute Gasteiger partial charge is 0.494 e. The van der Waals surface area contributed by atoms with E-state index >= 15 is 0 Å². The fourth-order valence-electron chi connectivity index (χ4n) is 3.00. The SMILES string of the molecule is CCNC(=NCc1ccc(OC)c(F)c1)N1CC(C)C(C(=O)OC)C1. The number of guanidine groups is 1. The Balaban J connectivity index is 2.11. The lowest BCUT2D eigenvalue weighted by Crippen LogP contribution is -2.40. The maximum atomic E-state index is 13.8. The average Bonchev–Trinajstić information content (AvgIpc) is 2.99. The van der Waals surface area contributed by atoms with Crippen molar-refractivity contribution >= 4 is 11.9 Å². The quantitative estimate of drug-likeness (QED) is 0.500. The van der Waals surface area contributed by atoms with Crippen LogP contribution in [-0.2, 0) is 16.1 Å². The summed E-state index contributed by atoms with van der Waals surface area (Å²) in [4.78, 5) is 18.5. The van der Waals surface area contributed by atoms with E-state index in [1.165, 1.54) is 20.3 Å². The summed E-state index contributed by atoms with van der Waals surface area (Å²) in [6, 6.07) is 4.81. The first-order valence-electron chi connectivity index (χ1n) is 8.43. The van der Waals surface area contributed by atoms with Crippen molar-refractivity contribution in [3.63, 3.8) is 0 Å². The molecule has 1 aromatic carbocycles. The van der Waals surface area contributed by atoms with Crippen LogP contribution >= 0.6 is 0 Å². The van der Waals surface area contributed by atoms with E-state index in [0.717, 1.165) is 18.1 Å². The van der Waals surface area contributed by atoms with Crippen molar-refractivity contribution in [2.45, 2.75) is 20.4 Å². The molecule has 1 aliphatic heterocycles. The molecule has 1 aliphatic rings. The van der Waals surface area contributed by atoms with Crippen molar-refractivity contribution in [3.8, 4) is 5.75 Å². The van der Waals surface area contributed by atoms with Gasteiger partial charge < -0.3 is 19.7 Å². The Labute approximate surface area is 148 Å². The van der Waals surface area contributed by atoms with E-state index in [2.05, 4.69) is 15.2 Å². The Kier molecular flexibility index (Phi) is 6.61. The summed E-state index contributed by atoms with van der Waals surface area (Å²) in [7, 11) is 2.85. The van der Waals surface area contributed by atoms with E-state index in [-0.39, 0.29) is 23.6 Å². The fraction of sp³-hybridized carbons (Fsp3) is 0.556. The molecule has 2 rings (SSSR count). The molecule has 25 heavy (non-hydrogen) atoms. The predicted molar refractivity (Wildman–Crippen MR) is 94.0 cm³/mol. The minimum Gasteiger partial charge on any atom is -0.494 e. The zero-order valence-electron chi connectivity index (χ0n) is 15.2. The van der Waals surface area contributed by atoms with Gasteiger partial charge in [-0.2, -0.15) is 0 Å². The number of halogens is 1. The van der Waals surface area contributed by atoms with Gasteiger partial charge in [0.25, 0.3) is 0 Å². The lowest BCUT2D eigenvalue weighted by Gasteiger charge is -2.21. The Morgan fingerprint density at radius 1 is 1.40 bits per heavy atom. The molecule has 0 aromatic heterocycles. The lowest BCUT2D eigenvalue weighted by molar-refractivity contribution is -0.145. The number of rotatable bonds is 5. The van der Waals surface area contributed by atoms with Crippen LogP contribution in [0.2, 0.25) is 0 Å². The van der Waals surface area contributed by atoms with Crippen LogP contribution in [0.15, 0.2) is 23.2 Å². The molecule has 1 fully saturated rings. The normalized spacial score (nSPS) is 20.5. The molecule has 2 atom stereocenters. The van der Waals surface area contributed by atoms with Crippen LogP contribution in [0.1, 0.15) is 19.4 Å². The average molecular weight is 351 g/mol. The van der Waals surface area contributed by atoms with Gasteiger partial charge in [-0.25, -0.2) is 9.38 Å². The molecule has 1 heterocycles. The van der Waals surface area contributed by atoms with Crippen molar-refractivity contribution in [2.24, 2.45) is 16.8 Å². The van der Waals surface area contributed by atoms with Gasteiger partial charge in [0.15, 0.2) is 17.5 Å². The van der Waals surface area contributed by atoms with Crippen LogP contribution in [0.5, 0.6) is 5.75 Å². The van der Waals surface area contributed by atoms with E-state index in [4.69, 9.17) is 9.47 Å². The molecule has 1 aromatic rings. The molecule has 1 saturated heterocycles. The zero-order chi connectivity index (χ0) is 18.4. The Morgan fingerprint density at radius 3 is 2.76 bits per heavy atom. The van der Waals surface area contributed by atoms with Crippen molar-refractivity contribution in [1.29, 1.82) is 0 Å². The molecule has 6 nitrogen and oxygen atoms in total. The second kappa shape index (κ2) is 8.69. The van der Waals surface area contributed by atoms with Gasteiger partial charge >= 0.3 is 5.97 Å². The number of hydrogen-bond donors (Lipinski definition) is 1. The first kappa shape index (κ1) is 19.0. The molecule has 0 saturated carbocycles. The number of carbonyl (C=O) groups excluding carboxylic acids is 1. The molecule has 138 valence electrons. The highest BCUT2D eigenvalue weighted by Gasteiger charge is 2.36. The molecular weight excluding hydrogens is 325 g/mol. The standard InChI is InChI=1S/C18H26FN3O3/c1-5-20-18(22-10-12(2)14(11-22)17(23)25-4)21-9-13-6-7-16(24-3)15(19)8-13/h6-8,12,14H,5,9-11H2,1-4H3,(H,20,21). The van der Waals surface area contributed by atoms with E-state index in [0.29, 0.717) is 19.6 Å². The van der Waals surface area contributed by atoms with E-state index < -0.39 is 5.82 Å². The predicted octanol–water partition coefficient (Wildman–Crippen LogP) is 2.04. The number of nitrogens with zero attached hydrogens (tertiary/aromatic N) is 2. The van der Waals surface area contributed by atoms with Crippen molar-refractivity contribution in [2.75, 3.05) is 33.9 Å². The first-order valence-corrected chi connectivity index (χ1v) is 8.43. The molecule has 0 spiro atoms. The van der Waals surface area contributed by atoms with E-state index in [1.54, 1.807) is 12.1 Å². The van der Waals surface area contributed by atoms with Gasteiger partial charge in [0.1, 0.15) is 0 Å². The fourth-order valence-corrected chi connectivity index (χ4v) is 3.00. The minimum atomic E-state index is -0.402. The van der Waals surface area contributed by atoms with Crippen LogP contribution in [-0.4, -0.2) is 50.7 Å². The highest BCUT2D eigenvalue weighted by atomic mass is 19.1. The molecule has 1 N–H and O–H groups in total. The molecule has 0 bridgehead atoms. The van der Waals surface area contributed by atoms with Gasteiger partial charge in [-0.05, 0) is 30.5 Å². The number of hydrogen-bond acceptors (Lipinski definition) is 4. The van der Waals surface area contributed by atoms with Gasteiger partial charge in [0.05, 0.1) is 26.7 Å². The monoisotopic (exact) mass is 351 g/mol. The maximum absolute atomic E-state index is 13.8. The summed E-state index contributed by atoms with van der Waals surface area (Å²) in [6.07, 6.45) is 0. The third-order valence-corrected chi connectivity index (χ3v) is 4.38. The van der Waals surface area contributed by atoms with Gasteiger partial charge in [-0.15, -0.1) is 0 Å². The third-order valence-electron chi connectivity index (χ3n) is 4.38. The van der Waals surface area contributed by atoms with Crippen molar-refractivity contribution in [1.82, 2.24) is 10.2 Å². The Morgan fingerprint density at radius 2 is 2.16 bits per heavy atom. The Hall–Kier alpha value is -2.31. The number of nitrogens with one attached hydrogen (secondary N) is 1. The Bertz CT molecular complexity index is 636. The van der Waals surface area contributed by atoms with E-state index in [9.17, 15) is 9.18 Å². The highest BCUT2D eigenvalue weighted by molar-refractivity contribution is 5.82. The summed E-state index contributed by atoms with van der Waals surface area (Å²) in [5.41, 5.74) is 0.755. The molecule has 2 unspecified atom stereocenters. The maximum Gasteiger partial charge on any atom is 0.310 e. The second-order valence-corrected chi connectivity index (χ2v) is 6.15. The van der Waals surface area contributed by atoms with Gasteiger partial charge in [0.2, 0.25) is 0 Å². The molecule has 7 heteroatoms. The minimum absolute atomic E-state index is 0.160. The zero-order valence-corrected chi connectivity index (χ0v) is 15.2. The summed E-state index contributed by atoms with van der Waals surface area (Å²) < 4.78 is 23.6. The smallest absolute Gasteiger partial charge is 0.310 e. The van der Waals surface area contributed by atoms with E-state index in [1.807, 2.05) is 13.8 Å². The van der Waals surface area contributed by atoms with Gasteiger partial charge in [-0.3, -0.25) is 4.79 Å². The van der Waals surface area contributed by atoms with Crippen molar-refractivity contribution in [3.05, 3.63) is 29.6 Å². The van der Waals surface area contributed by atoms with Crippen LogP contribution < -0.4 is 10.1 Å². The second-order valence-electron chi connectivity index (χ2n) is 6.15. The number of carbonyl (C=O) groups is 1. The number of ether oxygens (including phenoxy) is 2. The highest BCUT2D eigenvalue weighted by Crippen LogP contribution is 2.24. The number of esters is 1. The van der Waals surface area contributed by atoms with Crippen LogP contribution in [0, 0.1) is 17.7 Å². The summed E-state index contributed by atoms with van der Waals surface area (Å²) in [6.45, 7) is 6.36. The molecule has 0 aliphatic carbocycles. The summed E-state index contributed by atoms with van der Waals surface area (Å²) in [5.74, 6) is 0.372. The molecule has 0 radical (unpaired) electrons. The topological polar surface area (TPSA) is 63.2 Å². The number of likely N-dealkylation sites (tertiary alicyclic amines) is 1. The van der Waals surface area contributed by atoms with Gasteiger partial charge in [0, 0.05) is 19.6 Å². The number of aliphatic imine (C=N–C) groups is 1. The summed E-state index contributed by atoms with van der Waals surface area (Å²) in [5, 5.41) is 3.24.